The van der Waals surface area contributed by atoms with Crippen LogP contribution in [0.5, 0.6) is 11.5 Å². The third-order valence-electron chi connectivity index (χ3n) is 4.80. The Kier molecular flexibility index (Phi) is 7.20. The number of hydrogen-bond acceptors (Lipinski definition) is 3. The first kappa shape index (κ1) is 21.5. The molecule has 6 heteroatoms. The lowest BCUT2D eigenvalue weighted by atomic mass is 10.1. The predicted octanol–water partition coefficient (Wildman–Crippen LogP) is 5.04. The van der Waals surface area contributed by atoms with Crippen LogP contribution in [0.25, 0.3) is 0 Å². The van der Waals surface area contributed by atoms with E-state index in [1.165, 1.54) is 0 Å². The van der Waals surface area contributed by atoms with Crippen LogP contribution in [0.1, 0.15) is 21.6 Å². The molecule has 0 radical (unpaired) electrons. The van der Waals surface area contributed by atoms with Crippen LogP contribution in [-0.4, -0.2) is 36.1 Å². The Morgan fingerprint density at radius 3 is 2.43 bits per heavy atom. The first-order valence-corrected chi connectivity index (χ1v) is 9.94. The second kappa shape index (κ2) is 10.0. The van der Waals surface area contributed by atoms with Crippen molar-refractivity contribution in [3.63, 3.8) is 0 Å². The largest absolute Gasteiger partial charge is 0.496 e. The van der Waals surface area contributed by atoms with Crippen LogP contribution in [-0.2, 0) is 13.1 Å². The molecule has 0 aliphatic carbocycles. The molecule has 0 N–H and O–H groups in total. The molecule has 1 amide bonds. The van der Waals surface area contributed by atoms with Gasteiger partial charge in [-0.1, -0.05) is 35.9 Å². The summed E-state index contributed by atoms with van der Waals surface area (Å²) in [6.45, 7) is 5.28. The number of methoxy groups -OCH3 is 2. The molecule has 1 aromatic heterocycles. The number of ether oxygens (including phenoxy) is 2. The third kappa shape index (κ3) is 4.86. The Bertz CT molecular complexity index is 1010. The highest BCUT2D eigenvalue weighted by Gasteiger charge is 2.24. The molecule has 156 valence electrons. The topological polar surface area (TPSA) is 43.7 Å². The van der Waals surface area contributed by atoms with Crippen molar-refractivity contribution in [2.75, 3.05) is 20.8 Å². The van der Waals surface area contributed by atoms with Gasteiger partial charge in [-0.3, -0.25) is 4.79 Å². The van der Waals surface area contributed by atoms with Crippen LogP contribution >= 0.6 is 11.6 Å². The van der Waals surface area contributed by atoms with E-state index in [1.54, 1.807) is 43.4 Å². The fourth-order valence-corrected chi connectivity index (χ4v) is 3.58. The van der Waals surface area contributed by atoms with E-state index >= 15 is 0 Å². The number of halogens is 1. The van der Waals surface area contributed by atoms with E-state index in [-0.39, 0.29) is 5.91 Å². The van der Waals surface area contributed by atoms with Gasteiger partial charge < -0.3 is 18.9 Å². The zero-order chi connectivity index (χ0) is 21.5. The standard InChI is InChI=1S/C24H25ClN2O3/c1-4-13-27(24(28)23-21(29-2)11-6-12-22(23)30-3)17-20-10-7-14-26(20)16-18-8-5-9-19(25)15-18/h4-12,14-15H,1,13,16-17H2,2-3H3. The average Bonchev–Trinajstić information content (AvgIpc) is 3.18. The molecule has 0 atom stereocenters. The van der Waals surface area contributed by atoms with E-state index in [1.807, 2.05) is 42.6 Å². The van der Waals surface area contributed by atoms with Gasteiger partial charge >= 0.3 is 0 Å². The first-order valence-electron chi connectivity index (χ1n) is 9.57. The summed E-state index contributed by atoms with van der Waals surface area (Å²) in [6, 6.07) is 17.0. The number of amides is 1. The van der Waals surface area contributed by atoms with Gasteiger partial charge in [0.2, 0.25) is 0 Å². The summed E-state index contributed by atoms with van der Waals surface area (Å²) in [5, 5.41) is 0.702. The Balaban J connectivity index is 1.88. The van der Waals surface area contributed by atoms with Crippen LogP contribution < -0.4 is 9.47 Å². The Morgan fingerprint density at radius 1 is 1.10 bits per heavy atom. The third-order valence-corrected chi connectivity index (χ3v) is 5.03. The van der Waals surface area contributed by atoms with Crippen LogP contribution in [0, 0.1) is 0 Å². The van der Waals surface area contributed by atoms with Crippen molar-refractivity contribution in [1.29, 1.82) is 0 Å². The number of hydrogen-bond donors (Lipinski definition) is 0. The summed E-state index contributed by atoms with van der Waals surface area (Å²) in [6.07, 6.45) is 3.71. The number of carbonyl (C=O) groups is 1. The van der Waals surface area contributed by atoms with Gasteiger partial charge in [0.05, 0.1) is 20.8 Å². The summed E-state index contributed by atoms with van der Waals surface area (Å²) in [5.41, 5.74) is 2.49. The lowest BCUT2D eigenvalue weighted by molar-refractivity contribution is 0.0752. The van der Waals surface area contributed by atoms with Crippen molar-refractivity contribution < 1.29 is 14.3 Å². The molecule has 0 spiro atoms. The molecule has 0 saturated carbocycles. The molecule has 3 aromatic rings. The van der Waals surface area contributed by atoms with E-state index in [9.17, 15) is 4.79 Å². The lowest BCUT2D eigenvalue weighted by Gasteiger charge is -2.24. The maximum absolute atomic E-state index is 13.4. The quantitative estimate of drug-likeness (QED) is 0.452. The van der Waals surface area contributed by atoms with Gasteiger partial charge in [0, 0.05) is 30.0 Å². The maximum atomic E-state index is 13.4. The molecule has 0 bridgehead atoms. The number of benzene rings is 2. The molecule has 3 rings (SSSR count). The van der Waals surface area contributed by atoms with Crippen LogP contribution in [0.15, 0.2) is 73.4 Å². The number of rotatable bonds is 9. The Labute approximate surface area is 182 Å². The van der Waals surface area contributed by atoms with Crippen molar-refractivity contribution in [1.82, 2.24) is 9.47 Å². The minimum absolute atomic E-state index is 0.181. The predicted molar refractivity (Wildman–Crippen MR) is 119 cm³/mol. The number of nitrogens with zero attached hydrogens (tertiary/aromatic N) is 2. The normalized spacial score (nSPS) is 10.5. The second-order valence-electron chi connectivity index (χ2n) is 6.77. The number of aromatic nitrogens is 1. The highest BCUT2D eigenvalue weighted by atomic mass is 35.5. The van der Waals surface area contributed by atoms with Gasteiger partial charge in [-0.2, -0.15) is 0 Å². The molecule has 1 heterocycles. The molecule has 0 aliphatic rings. The van der Waals surface area contributed by atoms with Crippen molar-refractivity contribution >= 4 is 17.5 Å². The summed E-state index contributed by atoms with van der Waals surface area (Å²) < 4.78 is 12.9. The van der Waals surface area contributed by atoms with Crippen molar-refractivity contribution in [3.8, 4) is 11.5 Å². The maximum Gasteiger partial charge on any atom is 0.262 e. The van der Waals surface area contributed by atoms with E-state index < -0.39 is 0 Å². The highest BCUT2D eigenvalue weighted by Crippen LogP contribution is 2.30. The van der Waals surface area contributed by atoms with Crippen molar-refractivity contribution in [2.45, 2.75) is 13.1 Å². The molecule has 5 nitrogen and oxygen atoms in total. The molecule has 2 aromatic carbocycles. The van der Waals surface area contributed by atoms with Gasteiger partial charge in [0.1, 0.15) is 17.1 Å². The van der Waals surface area contributed by atoms with Gasteiger partial charge in [-0.15, -0.1) is 6.58 Å². The van der Waals surface area contributed by atoms with Gasteiger partial charge in [0.15, 0.2) is 0 Å². The lowest BCUT2D eigenvalue weighted by Crippen LogP contribution is -2.32. The molecule has 0 fully saturated rings. The fraction of sp³-hybridized carbons (Fsp3) is 0.208. The molecule has 0 aliphatic heterocycles. The fourth-order valence-electron chi connectivity index (χ4n) is 3.37. The summed E-state index contributed by atoms with van der Waals surface area (Å²) in [4.78, 5) is 15.1. The zero-order valence-corrected chi connectivity index (χ0v) is 17.9. The monoisotopic (exact) mass is 424 g/mol. The first-order chi connectivity index (χ1) is 14.6. The van der Waals surface area contributed by atoms with Gasteiger partial charge in [-0.05, 0) is 42.0 Å². The summed E-state index contributed by atoms with van der Waals surface area (Å²) in [5.74, 6) is 0.769. The zero-order valence-electron chi connectivity index (χ0n) is 17.2. The average molecular weight is 425 g/mol. The van der Waals surface area contributed by atoms with E-state index in [2.05, 4.69) is 11.1 Å². The second-order valence-corrected chi connectivity index (χ2v) is 7.21. The van der Waals surface area contributed by atoms with E-state index in [4.69, 9.17) is 21.1 Å². The Hall–Kier alpha value is -3.18. The van der Waals surface area contributed by atoms with Crippen LogP contribution in [0.4, 0.5) is 0 Å². The van der Waals surface area contributed by atoms with Gasteiger partial charge in [-0.25, -0.2) is 0 Å². The molecule has 0 unspecified atom stereocenters. The highest BCUT2D eigenvalue weighted by molar-refractivity contribution is 6.30. The SMILES string of the molecule is C=CCN(Cc1cccn1Cc1cccc(Cl)c1)C(=O)c1c(OC)cccc1OC. The van der Waals surface area contributed by atoms with E-state index in [0.717, 1.165) is 11.3 Å². The smallest absolute Gasteiger partial charge is 0.262 e. The molecular weight excluding hydrogens is 400 g/mol. The Morgan fingerprint density at radius 2 is 1.80 bits per heavy atom. The molecular formula is C24H25ClN2O3. The minimum Gasteiger partial charge on any atom is -0.496 e. The van der Waals surface area contributed by atoms with Crippen LogP contribution in [0.3, 0.4) is 0 Å². The van der Waals surface area contributed by atoms with Crippen LogP contribution in [0.2, 0.25) is 5.02 Å². The van der Waals surface area contributed by atoms with Crippen molar-refractivity contribution in [3.05, 3.63) is 95.3 Å². The molecule has 30 heavy (non-hydrogen) atoms. The van der Waals surface area contributed by atoms with Gasteiger partial charge in [0.25, 0.3) is 5.91 Å². The van der Waals surface area contributed by atoms with Crippen molar-refractivity contribution in [2.24, 2.45) is 0 Å². The van der Waals surface area contributed by atoms with E-state index in [0.29, 0.717) is 41.7 Å². The minimum atomic E-state index is -0.181. The molecule has 0 saturated heterocycles. The summed E-state index contributed by atoms with van der Waals surface area (Å²) in [7, 11) is 3.08. The summed E-state index contributed by atoms with van der Waals surface area (Å²) >= 11 is 6.12. The number of carbonyl (C=O) groups excluding carboxylic acids is 1.